The van der Waals surface area contributed by atoms with Crippen molar-refractivity contribution in [2.24, 2.45) is 0 Å². The number of amides is 1. The number of nitrogens with one attached hydrogen (secondary N) is 2. The molecule has 2 aromatic rings. The van der Waals surface area contributed by atoms with Gasteiger partial charge in [-0.3, -0.25) is 5.32 Å². The number of hydrogen-bond donors (Lipinski definition) is 2. The smallest absolute Gasteiger partial charge is 0.412 e. The lowest BCUT2D eigenvalue weighted by molar-refractivity contribution is 0.168. The molecule has 0 bridgehead atoms. The summed E-state index contributed by atoms with van der Waals surface area (Å²) in [6.45, 7) is 2.06. The minimum atomic E-state index is -0.515. The first kappa shape index (κ1) is 14.6. The number of carbonyl (C=O) groups excluding carboxylic acids is 1. The fourth-order valence-electron chi connectivity index (χ4n) is 1.68. The predicted octanol–water partition coefficient (Wildman–Crippen LogP) is 3.40. The third-order valence-electron chi connectivity index (χ3n) is 2.63. The van der Waals surface area contributed by atoms with Crippen molar-refractivity contribution >= 4 is 23.3 Å². The first-order valence-electron chi connectivity index (χ1n) is 6.52. The maximum absolute atomic E-state index is 11.3. The third-order valence-corrected chi connectivity index (χ3v) is 2.63. The fraction of sp³-hybridized carbons (Fsp3) is 0.200. The van der Waals surface area contributed by atoms with Gasteiger partial charge in [0, 0.05) is 11.8 Å². The Hall–Kier alpha value is -2.76. The van der Waals surface area contributed by atoms with E-state index in [1.165, 1.54) is 0 Å². The molecule has 1 aromatic heterocycles. The summed E-state index contributed by atoms with van der Waals surface area (Å²) in [6, 6.07) is 11.1. The van der Waals surface area contributed by atoms with Gasteiger partial charge in [0.2, 0.25) is 0 Å². The van der Waals surface area contributed by atoms with E-state index in [0.29, 0.717) is 12.4 Å². The van der Waals surface area contributed by atoms with Crippen molar-refractivity contribution in [1.82, 2.24) is 4.98 Å². The molecule has 110 valence electrons. The third kappa shape index (κ3) is 4.38. The Bertz CT molecular complexity index is 599. The van der Waals surface area contributed by atoms with Crippen molar-refractivity contribution in [2.75, 3.05) is 24.4 Å². The van der Waals surface area contributed by atoms with Gasteiger partial charge < -0.3 is 14.8 Å². The largest absolute Gasteiger partial charge is 0.497 e. The fourth-order valence-corrected chi connectivity index (χ4v) is 1.68. The second-order valence-corrected chi connectivity index (χ2v) is 4.13. The highest BCUT2D eigenvalue weighted by atomic mass is 16.5. The van der Waals surface area contributed by atoms with E-state index >= 15 is 0 Å². The summed E-state index contributed by atoms with van der Waals surface area (Å²) in [6.07, 6.45) is 1.11. The Morgan fingerprint density at radius 1 is 1.24 bits per heavy atom. The van der Waals surface area contributed by atoms with Crippen LogP contribution in [0.15, 0.2) is 42.6 Å². The van der Waals surface area contributed by atoms with Crippen LogP contribution in [0.3, 0.4) is 0 Å². The molecule has 0 aliphatic rings. The molecular weight excluding hydrogens is 270 g/mol. The molecule has 0 unspecified atom stereocenters. The van der Waals surface area contributed by atoms with Gasteiger partial charge in [-0.2, -0.15) is 0 Å². The number of hydrogen-bond acceptors (Lipinski definition) is 5. The molecular formula is C15H17N3O3. The average molecular weight is 287 g/mol. The first-order chi connectivity index (χ1) is 10.2. The Morgan fingerprint density at radius 3 is 2.76 bits per heavy atom. The van der Waals surface area contributed by atoms with E-state index in [9.17, 15) is 4.79 Å². The van der Waals surface area contributed by atoms with Gasteiger partial charge in [0.15, 0.2) is 0 Å². The van der Waals surface area contributed by atoms with Crippen LogP contribution >= 0.6 is 0 Å². The molecule has 2 rings (SSSR count). The van der Waals surface area contributed by atoms with Crippen molar-refractivity contribution in [3.63, 3.8) is 0 Å². The van der Waals surface area contributed by atoms with Crippen molar-refractivity contribution < 1.29 is 14.3 Å². The number of methoxy groups -OCH3 is 1. The van der Waals surface area contributed by atoms with Gasteiger partial charge in [0.05, 0.1) is 25.6 Å². The normalized spacial score (nSPS) is 9.81. The lowest BCUT2D eigenvalue weighted by Gasteiger charge is -2.09. The van der Waals surface area contributed by atoms with Crippen LogP contribution in [0, 0.1) is 0 Å². The molecule has 21 heavy (non-hydrogen) atoms. The van der Waals surface area contributed by atoms with Crippen LogP contribution in [-0.2, 0) is 4.74 Å². The molecule has 0 atom stereocenters. The van der Waals surface area contributed by atoms with Gasteiger partial charge in [0.1, 0.15) is 11.6 Å². The molecule has 0 fully saturated rings. The number of anilines is 3. The van der Waals surface area contributed by atoms with Gasteiger partial charge in [-0.05, 0) is 31.2 Å². The van der Waals surface area contributed by atoms with Crippen LogP contribution in [0.2, 0.25) is 0 Å². The highest BCUT2D eigenvalue weighted by Gasteiger charge is 2.03. The summed E-state index contributed by atoms with van der Waals surface area (Å²) in [5, 5.41) is 5.73. The Kier molecular flexibility index (Phi) is 4.98. The van der Waals surface area contributed by atoms with Gasteiger partial charge in [0.25, 0.3) is 0 Å². The number of nitrogens with zero attached hydrogens (tertiary/aromatic N) is 1. The quantitative estimate of drug-likeness (QED) is 0.881. The van der Waals surface area contributed by atoms with E-state index < -0.39 is 6.09 Å². The lowest BCUT2D eigenvalue weighted by Crippen LogP contribution is -2.14. The van der Waals surface area contributed by atoms with Crippen molar-refractivity contribution in [1.29, 1.82) is 0 Å². The highest BCUT2D eigenvalue weighted by Crippen LogP contribution is 2.21. The molecule has 2 N–H and O–H groups in total. The van der Waals surface area contributed by atoms with Gasteiger partial charge in [-0.1, -0.05) is 6.07 Å². The molecule has 1 heterocycles. The minimum absolute atomic E-state index is 0.321. The number of pyridine rings is 1. The monoisotopic (exact) mass is 287 g/mol. The summed E-state index contributed by atoms with van der Waals surface area (Å²) >= 11 is 0. The first-order valence-corrected chi connectivity index (χ1v) is 6.52. The zero-order chi connectivity index (χ0) is 15.1. The Labute approximate surface area is 123 Å². The molecule has 0 saturated heterocycles. The average Bonchev–Trinajstić information content (AvgIpc) is 2.50. The number of ether oxygens (including phenoxy) is 2. The maximum atomic E-state index is 11.3. The number of carbonyl (C=O) groups is 1. The van der Waals surface area contributed by atoms with E-state index in [2.05, 4.69) is 15.6 Å². The summed E-state index contributed by atoms with van der Waals surface area (Å²) in [5.41, 5.74) is 1.69. The van der Waals surface area contributed by atoms with E-state index in [-0.39, 0.29) is 0 Å². The minimum Gasteiger partial charge on any atom is -0.497 e. The summed E-state index contributed by atoms with van der Waals surface area (Å²) < 4.78 is 9.94. The van der Waals surface area contributed by atoms with Crippen LogP contribution in [0.1, 0.15) is 6.92 Å². The summed E-state index contributed by atoms with van der Waals surface area (Å²) in [4.78, 5) is 15.4. The molecule has 0 aliphatic heterocycles. The SMILES string of the molecule is CCOC(=O)Nc1ccc(Nc2cccc(OC)c2)cn1. The zero-order valence-corrected chi connectivity index (χ0v) is 11.9. The number of benzene rings is 1. The van der Waals surface area contributed by atoms with Gasteiger partial charge in [-0.15, -0.1) is 0 Å². The molecule has 6 nitrogen and oxygen atoms in total. The number of aromatic nitrogens is 1. The molecule has 0 radical (unpaired) electrons. The summed E-state index contributed by atoms with van der Waals surface area (Å²) in [5.74, 6) is 1.21. The van der Waals surface area contributed by atoms with Crippen molar-refractivity contribution in [2.45, 2.75) is 6.92 Å². The van der Waals surface area contributed by atoms with Crippen molar-refractivity contribution in [3.05, 3.63) is 42.6 Å². The van der Waals surface area contributed by atoms with Crippen molar-refractivity contribution in [3.8, 4) is 5.75 Å². The van der Waals surface area contributed by atoms with E-state index in [1.807, 2.05) is 30.3 Å². The number of rotatable bonds is 5. The zero-order valence-electron chi connectivity index (χ0n) is 11.9. The summed E-state index contributed by atoms with van der Waals surface area (Å²) in [7, 11) is 1.62. The second kappa shape index (κ2) is 7.14. The topological polar surface area (TPSA) is 72.5 Å². The molecule has 6 heteroatoms. The van der Waals surface area contributed by atoms with Gasteiger partial charge in [-0.25, -0.2) is 9.78 Å². The van der Waals surface area contributed by atoms with Gasteiger partial charge >= 0.3 is 6.09 Å². The molecule has 0 aliphatic carbocycles. The Morgan fingerprint density at radius 2 is 2.10 bits per heavy atom. The predicted molar refractivity (Wildman–Crippen MR) is 81.2 cm³/mol. The maximum Gasteiger partial charge on any atom is 0.412 e. The van der Waals surface area contributed by atoms with Crippen LogP contribution in [0.4, 0.5) is 22.0 Å². The van der Waals surface area contributed by atoms with Crippen LogP contribution < -0.4 is 15.4 Å². The standard InChI is InChI=1S/C15H17N3O3/c1-3-21-15(19)18-14-8-7-12(10-16-14)17-11-5-4-6-13(9-11)20-2/h4-10,17H,3H2,1-2H3,(H,16,18,19). The van der Waals surface area contributed by atoms with E-state index in [0.717, 1.165) is 17.1 Å². The molecule has 1 amide bonds. The van der Waals surface area contributed by atoms with Crippen LogP contribution in [0.25, 0.3) is 0 Å². The molecule has 0 saturated carbocycles. The molecule has 1 aromatic carbocycles. The van der Waals surface area contributed by atoms with E-state index in [4.69, 9.17) is 9.47 Å². The van der Waals surface area contributed by atoms with Crippen LogP contribution in [0.5, 0.6) is 5.75 Å². The van der Waals surface area contributed by atoms with Crippen LogP contribution in [-0.4, -0.2) is 24.8 Å². The lowest BCUT2D eigenvalue weighted by atomic mass is 10.3. The highest BCUT2D eigenvalue weighted by molar-refractivity contribution is 5.83. The Balaban J connectivity index is 2.00. The van der Waals surface area contributed by atoms with E-state index in [1.54, 1.807) is 26.3 Å². The molecule has 0 spiro atoms. The second-order valence-electron chi connectivity index (χ2n) is 4.13.